The quantitative estimate of drug-likeness (QED) is 0.405. The van der Waals surface area contributed by atoms with Crippen LogP contribution >= 0.6 is 0 Å². The molecule has 23 heavy (non-hydrogen) atoms. The topological polar surface area (TPSA) is 115 Å². The van der Waals surface area contributed by atoms with Crippen LogP contribution in [0.25, 0.3) is 0 Å². The van der Waals surface area contributed by atoms with E-state index in [-0.39, 0.29) is 12.2 Å². The van der Waals surface area contributed by atoms with Crippen LogP contribution in [0.5, 0.6) is 0 Å². The van der Waals surface area contributed by atoms with E-state index in [2.05, 4.69) is 15.2 Å². The Bertz CT molecular complexity index is 819. The number of carbonyl (C=O) groups excluding carboxylic acids is 2. The maximum atomic E-state index is 11.9. The number of nitrogen functional groups attached to an aromatic ring is 1. The van der Waals surface area contributed by atoms with E-state index in [1.807, 2.05) is 24.3 Å². The van der Waals surface area contributed by atoms with Gasteiger partial charge in [-0.3, -0.25) is 14.7 Å². The smallest absolute Gasteiger partial charge is 0.268 e. The molecule has 116 valence electrons. The monoisotopic (exact) mass is 310 g/mol. The number of carbonyl (C=O) groups is 2. The summed E-state index contributed by atoms with van der Waals surface area (Å²) >= 11 is 0. The van der Waals surface area contributed by atoms with Crippen molar-refractivity contribution in [2.75, 3.05) is 5.73 Å². The molecule has 7 heteroatoms. The van der Waals surface area contributed by atoms with Crippen LogP contribution in [-0.4, -0.2) is 26.7 Å². The van der Waals surface area contributed by atoms with Crippen molar-refractivity contribution in [1.82, 2.24) is 15.2 Å². The molecule has 3 N–H and O–H groups in total. The average molecular weight is 310 g/mol. The third-order valence-corrected chi connectivity index (χ3v) is 3.28. The van der Waals surface area contributed by atoms with E-state index < -0.39 is 11.6 Å². The van der Waals surface area contributed by atoms with Crippen molar-refractivity contribution in [3.8, 4) is 0 Å². The van der Waals surface area contributed by atoms with Crippen LogP contribution in [0, 0.1) is 0 Å². The molecule has 0 aliphatic heterocycles. The normalized spacial score (nSPS) is 10.6. The number of aromatic nitrogens is 3. The van der Waals surface area contributed by atoms with Gasteiger partial charge in [0.25, 0.3) is 5.78 Å². The van der Waals surface area contributed by atoms with Crippen molar-refractivity contribution < 1.29 is 14.0 Å². The number of H-pyrrole nitrogens is 1. The summed E-state index contributed by atoms with van der Waals surface area (Å²) in [4.78, 5) is 27.4. The number of ketones is 2. The molecule has 0 radical (unpaired) electrons. The van der Waals surface area contributed by atoms with Crippen molar-refractivity contribution in [1.29, 1.82) is 0 Å². The van der Waals surface area contributed by atoms with Gasteiger partial charge in [-0.1, -0.05) is 12.1 Å². The van der Waals surface area contributed by atoms with Gasteiger partial charge >= 0.3 is 0 Å². The SMILES string of the molecule is Nc1ccc(Cc2ccc(CC(=O)C(=O)c3nc[nH]n3)o2)cc1. The highest BCUT2D eigenvalue weighted by atomic mass is 16.3. The Balaban J connectivity index is 1.64. The number of nitrogens with two attached hydrogens (primary N) is 1. The molecule has 3 rings (SSSR count). The van der Waals surface area contributed by atoms with Crippen LogP contribution in [0.3, 0.4) is 0 Å². The lowest BCUT2D eigenvalue weighted by atomic mass is 10.1. The molecule has 0 amide bonds. The molecule has 7 nitrogen and oxygen atoms in total. The van der Waals surface area contributed by atoms with Gasteiger partial charge in [0.05, 0.1) is 6.42 Å². The molecule has 3 aromatic rings. The van der Waals surface area contributed by atoms with Gasteiger partial charge in [0.2, 0.25) is 11.6 Å². The van der Waals surface area contributed by atoms with Crippen molar-refractivity contribution in [3.63, 3.8) is 0 Å². The van der Waals surface area contributed by atoms with E-state index >= 15 is 0 Å². The molecule has 2 heterocycles. The summed E-state index contributed by atoms with van der Waals surface area (Å²) in [6.45, 7) is 0. The van der Waals surface area contributed by atoms with Crippen LogP contribution in [-0.2, 0) is 17.6 Å². The zero-order valence-corrected chi connectivity index (χ0v) is 12.2. The standard InChI is InChI=1S/C16H14N4O3/c17-11-3-1-10(2-4-11)7-12-5-6-13(23-12)8-14(21)15(22)16-18-9-19-20-16/h1-6,9H,7-8,17H2,(H,18,19,20). The molecule has 2 aromatic heterocycles. The molecule has 0 saturated carbocycles. The number of Topliss-reactive ketones (excluding diaryl/α,β-unsaturated/α-hetero) is 2. The molecule has 0 fully saturated rings. The Labute approximate surface area is 131 Å². The minimum absolute atomic E-state index is 0.116. The predicted octanol–water partition coefficient (Wildman–Crippen LogP) is 1.57. The summed E-state index contributed by atoms with van der Waals surface area (Å²) in [6, 6.07) is 10.9. The van der Waals surface area contributed by atoms with Crippen molar-refractivity contribution in [3.05, 3.63) is 65.6 Å². The molecule has 0 unspecified atom stereocenters. The molecule has 0 aliphatic rings. The third kappa shape index (κ3) is 3.52. The number of benzene rings is 1. The first-order chi connectivity index (χ1) is 11.1. The Morgan fingerprint density at radius 3 is 2.52 bits per heavy atom. The Kier molecular flexibility index (Phi) is 4.01. The summed E-state index contributed by atoms with van der Waals surface area (Å²) in [6.07, 6.45) is 1.72. The number of hydrogen-bond donors (Lipinski definition) is 2. The minimum atomic E-state index is -0.734. The first-order valence-corrected chi connectivity index (χ1v) is 6.97. The second-order valence-corrected chi connectivity index (χ2v) is 5.04. The lowest BCUT2D eigenvalue weighted by Crippen LogP contribution is -2.17. The molecule has 0 bridgehead atoms. The second kappa shape index (κ2) is 6.27. The summed E-state index contributed by atoms with van der Waals surface area (Å²) in [5, 5.41) is 6.00. The highest BCUT2D eigenvalue weighted by molar-refractivity contribution is 6.42. The lowest BCUT2D eigenvalue weighted by Gasteiger charge is -1.99. The van der Waals surface area contributed by atoms with Crippen molar-refractivity contribution in [2.45, 2.75) is 12.8 Å². The van der Waals surface area contributed by atoms with E-state index in [1.165, 1.54) is 6.33 Å². The number of hydrogen-bond acceptors (Lipinski definition) is 6. The first kappa shape index (κ1) is 14.7. The summed E-state index contributed by atoms with van der Waals surface area (Å²) < 4.78 is 5.60. The fourth-order valence-corrected chi connectivity index (χ4v) is 2.13. The summed E-state index contributed by atoms with van der Waals surface area (Å²) in [7, 11) is 0. The second-order valence-electron chi connectivity index (χ2n) is 5.04. The minimum Gasteiger partial charge on any atom is -0.465 e. The van der Waals surface area contributed by atoms with Gasteiger partial charge in [0.1, 0.15) is 17.8 Å². The highest BCUT2D eigenvalue weighted by Gasteiger charge is 2.21. The van der Waals surface area contributed by atoms with E-state index in [1.54, 1.807) is 12.1 Å². The van der Waals surface area contributed by atoms with Gasteiger partial charge in [-0.05, 0) is 29.8 Å². The van der Waals surface area contributed by atoms with Crippen molar-refractivity contribution >= 4 is 17.3 Å². The first-order valence-electron chi connectivity index (χ1n) is 6.97. The molecule has 0 saturated heterocycles. The van der Waals surface area contributed by atoms with Gasteiger partial charge < -0.3 is 10.2 Å². The van der Waals surface area contributed by atoms with Crippen molar-refractivity contribution in [2.24, 2.45) is 0 Å². The predicted molar refractivity (Wildman–Crippen MR) is 81.8 cm³/mol. The largest absolute Gasteiger partial charge is 0.465 e. The fourth-order valence-electron chi connectivity index (χ4n) is 2.13. The third-order valence-electron chi connectivity index (χ3n) is 3.28. The molecule has 0 spiro atoms. The van der Waals surface area contributed by atoms with E-state index in [9.17, 15) is 9.59 Å². The van der Waals surface area contributed by atoms with Gasteiger partial charge in [-0.15, -0.1) is 5.10 Å². The summed E-state index contributed by atoms with van der Waals surface area (Å²) in [5.74, 6) is -0.336. The van der Waals surface area contributed by atoms with Gasteiger partial charge in [-0.2, -0.15) is 0 Å². The van der Waals surface area contributed by atoms with Crippen LogP contribution in [0.4, 0.5) is 5.69 Å². The van der Waals surface area contributed by atoms with E-state index in [0.717, 1.165) is 5.56 Å². The number of furan rings is 1. The Morgan fingerprint density at radius 2 is 1.83 bits per heavy atom. The van der Waals surface area contributed by atoms with Gasteiger partial charge in [-0.25, -0.2) is 4.98 Å². The zero-order valence-electron chi connectivity index (χ0n) is 12.2. The number of nitrogens with one attached hydrogen (secondary N) is 1. The number of rotatable bonds is 6. The van der Waals surface area contributed by atoms with E-state index in [4.69, 9.17) is 10.2 Å². The molecular weight excluding hydrogens is 296 g/mol. The average Bonchev–Trinajstić information content (AvgIpc) is 3.21. The van der Waals surface area contributed by atoms with E-state index in [0.29, 0.717) is 23.6 Å². The molecule has 0 aliphatic carbocycles. The number of aromatic amines is 1. The number of anilines is 1. The number of nitrogens with zero attached hydrogens (tertiary/aromatic N) is 2. The summed E-state index contributed by atoms with van der Waals surface area (Å²) in [5.41, 5.74) is 7.39. The maximum Gasteiger partial charge on any atom is 0.268 e. The van der Waals surface area contributed by atoms with Crippen LogP contribution < -0.4 is 5.73 Å². The van der Waals surface area contributed by atoms with Crippen LogP contribution in [0.15, 0.2) is 47.1 Å². The van der Waals surface area contributed by atoms with Gasteiger partial charge in [0.15, 0.2) is 0 Å². The molecule has 1 aromatic carbocycles. The molecular formula is C16H14N4O3. The highest BCUT2D eigenvalue weighted by Crippen LogP contribution is 2.15. The maximum absolute atomic E-state index is 11.9. The Hall–Kier alpha value is -3.22. The molecule has 0 atom stereocenters. The van der Waals surface area contributed by atoms with Gasteiger partial charge in [0, 0.05) is 12.1 Å². The van der Waals surface area contributed by atoms with Crippen LogP contribution in [0.2, 0.25) is 0 Å². The fraction of sp³-hybridized carbons (Fsp3) is 0.125. The lowest BCUT2D eigenvalue weighted by molar-refractivity contribution is -0.114. The zero-order chi connectivity index (χ0) is 16.2. The van der Waals surface area contributed by atoms with Crippen LogP contribution in [0.1, 0.15) is 27.7 Å². The Morgan fingerprint density at radius 1 is 1.09 bits per heavy atom.